The summed E-state index contributed by atoms with van der Waals surface area (Å²) in [6.45, 7) is 2.13. The molecule has 17 heavy (non-hydrogen) atoms. The lowest BCUT2D eigenvalue weighted by Gasteiger charge is -2.20. The number of aromatic nitrogens is 2. The van der Waals surface area contributed by atoms with Crippen molar-refractivity contribution >= 4 is 0 Å². The molecule has 0 amide bonds. The Kier molecular flexibility index (Phi) is 2.85. The highest BCUT2D eigenvalue weighted by Crippen LogP contribution is 2.21. The van der Waals surface area contributed by atoms with Gasteiger partial charge in [0.2, 0.25) is 11.8 Å². The van der Waals surface area contributed by atoms with Crippen LogP contribution in [0.4, 0.5) is 0 Å². The molecule has 5 nitrogen and oxygen atoms in total. The summed E-state index contributed by atoms with van der Waals surface area (Å²) < 4.78 is 11.0. The van der Waals surface area contributed by atoms with Gasteiger partial charge in [-0.3, -0.25) is 0 Å². The molecule has 0 radical (unpaired) electrons. The number of rotatable bonds is 2. The molecule has 88 valence electrons. The first-order valence-electron chi connectivity index (χ1n) is 5.63. The largest absolute Gasteiger partial charge is 0.419 e. The molecule has 1 aromatic heterocycles. The molecule has 1 fully saturated rings. The highest BCUT2D eigenvalue weighted by molar-refractivity contribution is 5.51. The molecule has 1 N–H and O–H groups in total. The van der Waals surface area contributed by atoms with Crippen LogP contribution in [-0.2, 0) is 4.74 Å². The Morgan fingerprint density at radius 1 is 1.18 bits per heavy atom. The zero-order valence-electron chi connectivity index (χ0n) is 9.30. The summed E-state index contributed by atoms with van der Waals surface area (Å²) >= 11 is 0. The number of morpholine rings is 1. The van der Waals surface area contributed by atoms with Crippen LogP contribution < -0.4 is 5.32 Å². The third kappa shape index (κ3) is 2.20. The van der Waals surface area contributed by atoms with E-state index in [-0.39, 0.29) is 6.04 Å². The lowest BCUT2D eigenvalue weighted by atomic mass is 10.2. The van der Waals surface area contributed by atoms with E-state index in [2.05, 4.69) is 15.5 Å². The van der Waals surface area contributed by atoms with Gasteiger partial charge in [0.05, 0.1) is 13.2 Å². The van der Waals surface area contributed by atoms with Crippen LogP contribution in [0, 0.1) is 0 Å². The van der Waals surface area contributed by atoms with Crippen molar-refractivity contribution in [2.75, 3.05) is 19.8 Å². The summed E-state index contributed by atoms with van der Waals surface area (Å²) in [5, 5.41) is 11.4. The van der Waals surface area contributed by atoms with Crippen LogP contribution in [0.2, 0.25) is 0 Å². The van der Waals surface area contributed by atoms with Crippen LogP contribution in [0.5, 0.6) is 0 Å². The third-order valence-corrected chi connectivity index (χ3v) is 2.68. The van der Waals surface area contributed by atoms with E-state index in [4.69, 9.17) is 9.15 Å². The predicted octanol–water partition coefficient (Wildman–Crippen LogP) is 1.40. The summed E-state index contributed by atoms with van der Waals surface area (Å²) in [4.78, 5) is 0. The lowest BCUT2D eigenvalue weighted by Crippen LogP contribution is -2.34. The summed E-state index contributed by atoms with van der Waals surface area (Å²) in [5.41, 5.74) is 0.933. The van der Waals surface area contributed by atoms with Gasteiger partial charge in [-0.1, -0.05) is 18.2 Å². The maximum Gasteiger partial charge on any atom is 0.247 e. The predicted molar refractivity (Wildman–Crippen MR) is 61.3 cm³/mol. The third-order valence-electron chi connectivity index (χ3n) is 2.68. The molecule has 1 aliphatic rings. The maximum absolute atomic E-state index is 5.64. The maximum atomic E-state index is 5.64. The van der Waals surface area contributed by atoms with Gasteiger partial charge in [0.25, 0.3) is 0 Å². The molecule has 1 aromatic carbocycles. The molecule has 0 saturated carbocycles. The fraction of sp³-hybridized carbons (Fsp3) is 0.333. The molecule has 0 aliphatic carbocycles. The average molecular weight is 231 g/mol. The van der Waals surface area contributed by atoms with E-state index in [0.29, 0.717) is 18.4 Å². The SMILES string of the molecule is c1ccc(-c2nnc([C@@H]3COCCN3)o2)cc1. The van der Waals surface area contributed by atoms with E-state index in [0.717, 1.165) is 18.7 Å². The van der Waals surface area contributed by atoms with E-state index in [1.54, 1.807) is 0 Å². The molecule has 1 atom stereocenters. The Labute approximate surface area is 98.8 Å². The second kappa shape index (κ2) is 4.65. The summed E-state index contributed by atoms with van der Waals surface area (Å²) in [5.74, 6) is 1.14. The lowest BCUT2D eigenvalue weighted by molar-refractivity contribution is 0.0683. The van der Waals surface area contributed by atoms with Crippen LogP contribution in [-0.4, -0.2) is 30.0 Å². The van der Waals surface area contributed by atoms with Crippen LogP contribution in [0.1, 0.15) is 11.9 Å². The Hall–Kier alpha value is -1.72. The van der Waals surface area contributed by atoms with Gasteiger partial charge in [-0.25, -0.2) is 0 Å². The zero-order chi connectivity index (χ0) is 11.5. The molecule has 0 unspecified atom stereocenters. The number of nitrogens with one attached hydrogen (secondary N) is 1. The van der Waals surface area contributed by atoms with E-state index in [9.17, 15) is 0 Å². The van der Waals surface area contributed by atoms with Crippen molar-refractivity contribution in [3.63, 3.8) is 0 Å². The normalized spacial score (nSPS) is 20.4. The van der Waals surface area contributed by atoms with Crippen molar-refractivity contribution in [2.24, 2.45) is 0 Å². The molecule has 5 heteroatoms. The van der Waals surface area contributed by atoms with Gasteiger partial charge in [-0.2, -0.15) is 0 Å². The fourth-order valence-corrected chi connectivity index (χ4v) is 1.80. The first-order valence-corrected chi connectivity index (χ1v) is 5.63. The number of ether oxygens (including phenoxy) is 1. The van der Waals surface area contributed by atoms with Gasteiger partial charge < -0.3 is 14.5 Å². The number of nitrogens with zero attached hydrogens (tertiary/aromatic N) is 2. The van der Waals surface area contributed by atoms with E-state index >= 15 is 0 Å². The van der Waals surface area contributed by atoms with Gasteiger partial charge in [0, 0.05) is 12.1 Å². The molecule has 3 rings (SSSR count). The molecule has 2 aromatic rings. The fourth-order valence-electron chi connectivity index (χ4n) is 1.80. The van der Waals surface area contributed by atoms with Gasteiger partial charge in [-0.15, -0.1) is 10.2 Å². The van der Waals surface area contributed by atoms with Crippen molar-refractivity contribution in [3.05, 3.63) is 36.2 Å². The minimum atomic E-state index is 0.00807. The Morgan fingerprint density at radius 3 is 2.82 bits per heavy atom. The Morgan fingerprint density at radius 2 is 2.06 bits per heavy atom. The van der Waals surface area contributed by atoms with E-state index in [1.807, 2.05) is 30.3 Å². The quantitative estimate of drug-likeness (QED) is 0.846. The highest BCUT2D eigenvalue weighted by Gasteiger charge is 2.21. The van der Waals surface area contributed by atoms with Crippen molar-refractivity contribution in [1.82, 2.24) is 15.5 Å². The minimum absolute atomic E-state index is 0.00807. The highest BCUT2D eigenvalue weighted by atomic mass is 16.5. The first kappa shape index (κ1) is 10.4. The summed E-state index contributed by atoms with van der Waals surface area (Å²) in [7, 11) is 0. The van der Waals surface area contributed by atoms with Crippen molar-refractivity contribution < 1.29 is 9.15 Å². The second-order valence-corrected chi connectivity index (χ2v) is 3.89. The van der Waals surface area contributed by atoms with E-state index in [1.165, 1.54) is 0 Å². The number of benzene rings is 1. The monoisotopic (exact) mass is 231 g/mol. The summed E-state index contributed by atoms with van der Waals surface area (Å²) in [6, 6.07) is 9.75. The number of hydrogen-bond donors (Lipinski definition) is 1. The van der Waals surface area contributed by atoms with Crippen molar-refractivity contribution in [1.29, 1.82) is 0 Å². The first-order chi connectivity index (χ1) is 8.43. The molecule has 0 spiro atoms. The molecule has 1 aliphatic heterocycles. The second-order valence-electron chi connectivity index (χ2n) is 3.89. The smallest absolute Gasteiger partial charge is 0.247 e. The van der Waals surface area contributed by atoms with Gasteiger partial charge in [-0.05, 0) is 12.1 Å². The Bertz CT molecular complexity index is 478. The molecule has 2 heterocycles. The molecule has 0 bridgehead atoms. The number of hydrogen-bond acceptors (Lipinski definition) is 5. The summed E-state index contributed by atoms with van der Waals surface area (Å²) in [6.07, 6.45) is 0. The van der Waals surface area contributed by atoms with Crippen LogP contribution in [0.3, 0.4) is 0 Å². The Balaban J connectivity index is 1.83. The van der Waals surface area contributed by atoms with Gasteiger partial charge in [0.1, 0.15) is 6.04 Å². The zero-order valence-corrected chi connectivity index (χ0v) is 9.30. The molecule has 1 saturated heterocycles. The van der Waals surface area contributed by atoms with Crippen LogP contribution >= 0.6 is 0 Å². The van der Waals surface area contributed by atoms with Crippen molar-refractivity contribution in [2.45, 2.75) is 6.04 Å². The molecular weight excluding hydrogens is 218 g/mol. The average Bonchev–Trinajstić information content (AvgIpc) is 2.90. The molecular formula is C12H13N3O2. The van der Waals surface area contributed by atoms with Crippen LogP contribution in [0.25, 0.3) is 11.5 Å². The standard InChI is InChI=1S/C12H13N3O2/c1-2-4-9(5-3-1)11-14-15-12(17-11)10-8-16-7-6-13-10/h1-5,10,13H,6-8H2/t10-/m0/s1. The van der Waals surface area contributed by atoms with Crippen LogP contribution in [0.15, 0.2) is 34.7 Å². The topological polar surface area (TPSA) is 60.2 Å². The van der Waals surface area contributed by atoms with Crippen molar-refractivity contribution in [3.8, 4) is 11.5 Å². The minimum Gasteiger partial charge on any atom is -0.419 e. The van der Waals surface area contributed by atoms with Gasteiger partial charge >= 0.3 is 0 Å². The van der Waals surface area contributed by atoms with E-state index < -0.39 is 0 Å². The van der Waals surface area contributed by atoms with Gasteiger partial charge in [0.15, 0.2) is 0 Å².